The smallest absolute Gasteiger partial charge is 0.261 e. The molecular weight excluding hydrogens is 410 g/mol. The van der Waals surface area contributed by atoms with Gasteiger partial charge in [-0.1, -0.05) is 28.1 Å². The largest absolute Gasteiger partial charge is 0.379 e. The lowest BCUT2D eigenvalue weighted by Gasteiger charge is -2.38. The molecule has 0 bridgehead atoms. The summed E-state index contributed by atoms with van der Waals surface area (Å²) in [6.07, 6.45) is 0. The second-order valence-corrected chi connectivity index (χ2v) is 7.49. The number of benzene rings is 2. The molecule has 1 fully saturated rings. The molecule has 27 heavy (non-hydrogen) atoms. The van der Waals surface area contributed by atoms with Gasteiger partial charge in [0.05, 0.1) is 31.0 Å². The van der Waals surface area contributed by atoms with Crippen molar-refractivity contribution < 1.29 is 14.3 Å². The van der Waals surface area contributed by atoms with Crippen LogP contribution in [0.5, 0.6) is 0 Å². The molecule has 6 nitrogen and oxygen atoms in total. The lowest BCUT2D eigenvalue weighted by Crippen LogP contribution is -2.52. The Morgan fingerprint density at radius 1 is 1.04 bits per heavy atom. The number of anilines is 2. The van der Waals surface area contributed by atoms with Gasteiger partial charge in [0, 0.05) is 23.2 Å². The van der Waals surface area contributed by atoms with E-state index in [-0.39, 0.29) is 18.5 Å². The Kier molecular flexibility index (Phi) is 5.24. The minimum absolute atomic E-state index is 0.0149. The molecule has 0 aromatic heterocycles. The van der Waals surface area contributed by atoms with Gasteiger partial charge in [0.25, 0.3) is 5.91 Å². The predicted octanol–water partition coefficient (Wildman–Crippen LogP) is 2.73. The highest BCUT2D eigenvalue weighted by atomic mass is 79.9. The summed E-state index contributed by atoms with van der Waals surface area (Å²) < 4.78 is 6.30. The van der Waals surface area contributed by atoms with E-state index in [2.05, 4.69) is 20.8 Å². The number of fused-ring (bicyclic) bond motifs is 1. The summed E-state index contributed by atoms with van der Waals surface area (Å²) in [6.45, 7) is 3.31. The number of rotatable bonds is 3. The summed E-state index contributed by atoms with van der Waals surface area (Å²) >= 11 is 3.42. The molecule has 7 heteroatoms. The number of para-hydroxylation sites is 1. The van der Waals surface area contributed by atoms with Crippen molar-refractivity contribution in [2.24, 2.45) is 0 Å². The van der Waals surface area contributed by atoms with Gasteiger partial charge in [0.2, 0.25) is 5.91 Å². The first-order valence-corrected chi connectivity index (χ1v) is 9.70. The third-order valence-electron chi connectivity index (χ3n) is 4.86. The summed E-state index contributed by atoms with van der Waals surface area (Å²) in [5.41, 5.74) is 1.98. The van der Waals surface area contributed by atoms with E-state index in [0.29, 0.717) is 31.0 Å². The Balaban J connectivity index is 1.63. The SMILES string of the molecule is O=C1c2ccccc2N(C(=O)CN2CCOCC2)CN1c1ccc(Br)cc1. The summed E-state index contributed by atoms with van der Waals surface area (Å²) in [6, 6.07) is 14.8. The monoisotopic (exact) mass is 429 g/mol. The molecule has 0 aliphatic carbocycles. The van der Waals surface area contributed by atoms with Gasteiger partial charge >= 0.3 is 0 Å². The van der Waals surface area contributed by atoms with Crippen LogP contribution in [-0.4, -0.2) is 56.2 Å². The molecule has 2 aliphatic heterocycles. The highest BCUT2D eigenvalue weighted by Crippen LogP contribution is 2.31. The first-order chi connectivity index (χ1) is 13.1. The van der Waals surface area contributed by atoms with Crippen LogP contribution in [0, 0.1) is 0 Å². The van der Waals surface area contributed by atoms with E-state index in [1.165, 1.54) is 0 Å². The Bertz CT molecular complexity index is 850. The standard InChI is InChI=1S/C20H20BrN3O3/c21-15-5-7-16(8-6-15)23-14-24(18-4-2-1-3-17(18)20(23)26)19(25)13-22-9-11-27-12-10-22/h1-8H,9-14H2. The molecule has 0 radical (unpaired) electrons. The lowest BCUT2D eigenvalue weighted by atomic mass is 10.1. The van der Waals surface area contributed by atoms with Crippen LogP contribution in [0.15, 0.2) is 53.0 Å². The normalized spacial score (nSPS) is 17.7. The number of amides is 2. The molecular formula is C20H20BrN3O3. The first kappa shape index (κ1) is 18.2. The van der Waals surface area contributed by atoms with E-state index in [9.17, 15) is 9.59 Å². The fourth-order valence-corrected chi connectivity index (χ4v) is 3.65. The molecule has 2 aliphatic rings. The summed E-state index contributed by atoms with van der Waals surface area (Å²) in [5.74, 6) is -0.109. The molecule has 0 saturated carbocycles. The molecule has 140 valence electrons. The maximum Gasteiger partial charge on any atom is 0.261 e. The van der Waals surface area contributed by atoms with Crippen molar-refractivity contribution in [2.75, 3.05) is 49.3 Å². The van der Waals surface area contributed by atoms with Gasteiger partial charge in [0.1, 0.15) is 6.67 Å². The average molecular weight is 430 g/mol. The molecule has 2 aromatic carbocycles. The van der Waals surface area contributed by atoms with E-state index in [1.54, 1.807) is 15.9 Å². The van der Waals surface area contributed by atoms with E-state index in [4.69, 9.17) is 4.74 Å². The van der Waals surface area contributed by atoms with Gasteiger partial charge in [-0.3, -0.25) is 24.3 Å². The van der Waals surface area contributed by atoms with Gasteiger partial charge in [-0.25, -0.2) is 0 Å². The Morgan fingerprint density at radius 3 is 2.48 bits per heavy atom. The number of nitrogens with zero attached hydrogens (tertiary/aromatic N) is 3. The van der Waals surface area contributed by atoms with Crippen LogP contribution < -0.4 is 9.80 Å². The van der Waals surface area contributed by atoms with Crippen molar-refractivity contribution in [3.63, 3.8) is 0 Å². The topological polar surface area (TPSA) is 53.1 Å². The Hall–Kier alpha value is -2.22. The first-order valence-electron chi connectivity index (χ1n) is 8.90. The summed E-state index contributed by atoms with van der Waals surface area (Å²) in [5, 5.41) is 0. The van der Waals surface area contributed by atoms with Gasteiger partial charge in [-0.05, 0) is 36.4 Å². The van der Waals surface area contributed by atoms with Crippen LogP contribution in [0.4, 0.5) is 11.4 Å². The third kappa shape index (κ3) is 3.76. The maximum atomic E-state index is 13.1. The number of hydrogen-bond acceptors (Lipinski definition) is 4. The van der Waals surface area contributed by atoms with Crippen molar-refractivity contribution in [3.8, 4) is 0 Å². The second-order valence-electron chi connectivity index (χ2n) is 6.58. The lowest BCUT2D eigenvalue weighted by molar-refractivity contribution is -0.120. The fourth-order valence-electron chi connectivity index (χ4n) is 3.39. The Morgan fingerprint density at radius 2 is 1.74 bits per heavy atom. The van der Waals surface area contributed by atoms with Crippen molar-refractivity contribution >= 4 is 39.1 Å². The molecule has 0 N–H and O–H groups in total. The maximum absolute atomic E-state index is 13.1. The molecule has 2 heterocycles. The number of carbonyl (C=O) groups excluding carboxylic acids is 2. The molecule has 0 spiro atoms. The van der Waals surface area contributed by atoms with Crippen molar-refractivity contribution in [2.45, 2.75) is 0 Å². The zero-order valence-electron chi connectivity index (χ0n) is 14.8. The zero-order valence-corrected chi connectivity index (χ0v) is 16.4. The molecule has 1 saturated heterocycles. The molecule has 2 amide bonds. The van der Waals surface area contributed by atoms with Crippen molar-refractivity contribution in [3.05, 3.63) is 58.6 Å². The predicted molar refractivity (Wildman–Crippen MR) is 107 cm³/mol. The van der Waals surface area contributed by atoms with E-state index in [1.807, 2.05) is 42.5 Å². The van der Waals surface area contributed by atoms with E-state index < -0.39 is 0 Å². The molecule has 0 unspecified atom stereocenters. The minimum Gasteiger partial charge on any atom is -0.379 e. The summed E-state index contributed by atoms with van der Waals surface area (Å²) in [4.78, 5) is 31.5. The van der Waals surface area contributed by atoms with Gasteiger partial charge < -0.3 is 4.74 Å². The second kappa shape index (κ2) is 7.80. The van der Waals surface area contributed by atoms with E-state index >= 15 is 0 Å². The molecule has 4 rings (SSSR count). The zero-order chi connectivity index (χ0) is 18.8. The highest BCUT2D eigenvalue weighted by Gasteiger charge is 2.33. The van der Waals surface area contributed by atoms with E-state index in [0.717, 1.165) is 23.2 Å². The average Bonchev–Trinajstić information content (AvgIpc) is 2.70. The van der Waals surface area contributed by atoms with Gasteiger partial charge in [-0.2, -0.15) is 0 Å². The number of morpholine rings is 1. The number of halogens is 1. The fraction of sp³-hybridized carbons (Fsp3) is 0.300. The number of carbonyl (C=O) groups is 2. The van der Waals surface area contributed by atoms with Crippen LogP contribution in [0.1, 0.15) is 10.4 Å². The van der Waals surface area contributed by atoms with Gasteiger partial charge in [-0.15, -0.1) is 0 Å². The summed E-state index contributed by atoms with van der Waals surface area (Å²) in [7, 11) is 0. The van der Waals surface area contributed by atoms with Crippen LogP contribution in [0.3, 0.4) is 0 Å². The Labute approximate surface area is 166 Å². The van der Waals surface area contributed by atoms with Crippen molar-refractivity contribution in [1.29, 1.82) is 0 Å². The van der Waals surface area contributed by atoms with Crippen LogP contribution in [0.2, 0.25) is 0 Å². The number of ether oxygens (including phenoxy) is 1. The molecule has 0 atom stereocenters. The highest BCUT2D eigenvalue weighted by molar-refractivity contribution is 9.10. The third-order valence-corrected chi connectivity index (χ3v) is 5.38. The number of hydrogen-bond donors (Lipinski definition) is 0. The van der Waals surface area contributed by atoms with Crippen LogP contribution in [-0.2, 0) is 9.53 Å². The van der Waals surface area contributed by atoms with Crippen molar-refractivity contribution in [1.82, 2.24) is 4.90 Å². The van der Waals surface area contributed by atoms with Crippen LogP contribution >= 0.6 is 15.9 Å². The van der Waals surface area contributed by atoms with Gasteiger partial charge in [0.15, 0.2) is 0 Å². The quantitative estimate of drug-likeness (QED) is 0.752. The molecule has 2 aromatic rings. The van der Waals surface area contributed by atoms with Crippen LogP contribution in [0.25, 0.3) is 0 Å². The minimum atomic E-state index is -0.0941.